The van der Waals surface area contributed by atoms with E-state index in [0.717, 1.165) is 4.31 Å². The minimum Gasteiger partial charge on any atom is -0.478 e. The minimum atomic E-state index is -3.69. The lowest BCUT2D eigenvalue weighted by Gasteiger charge is -2.19. The predicted octanol–water partition coefficient (Wildman–Crippen LogP) is 2.97. The third-order valence-electron chi connectivity index (χ3n) is 2.93. The summed E-state index contributed by atoms with van der Waals surface area (Å²) in [5, 5.41) is 8.85. The highest BCUT2D eigenvalue weighted by Crippen LogP contribution is 2.24. The van der Waals surface area contributed by atoms with Crippen LogP contribution in [0.15, 0.2) is 57.9 Å². The molecule has 0 saturated carbocycles. The lowest BCUT2D eigenvalue weighted by atomic mass is 10.2. The first-order valence-corrected chi connectivity index (χ1v) is 8.13. The van der Waals surface area contributed by atoms with E-state index in [9.17, 15) is 13.2 Å². The van der Waals surface area contributed by atoms with E-state index in [1.165, 1.54) is 43.4 Å². The highest BCUT2D eigenvalue weighted by molar-refractivity contribution is 9.10. The summed E-state index contributed by atoms with van der Waals surface area (Å²) in [4.78, 5) is 11.0. The Balaban J connectivity index is 2.38. The van der Waals surface area contributed by atoms with Crippen LogP contribution < -0.4 is 4.31 Å². The number of halogens is 1. The summed E-state index contributed by atoms with van der Waals surface area (Å²) in [6.45, 7) is 0. The van der Waals surface area contributed by atoms with Crippen molar-refractivity contribution in [3.05, 3.63) is 58.6 Å². The summed E-state index contributed by atoms with van der Waals surface area (Å²) < 4.78 is 26.8. The Morgan fingerprint density at radius 1 is 1.14 bits per heavy atom. The van der Waals surface area contributed by atoms with Crippen LogP contribution in [-0.4, -0.2) is 26.5 Å². The van der Waals surface area contributed by atoms with Crippen molar-refractivity contribution in [1.82, 2.24) is 0 Å². The van der Waals surface area contributed by atoms with Gasteiger partial charge in [0.25, 0.3) is 10.0 Å². The maximum absolute atomic E-state index is 12.5. The molecule has 0 atom stereocenters. The molecule has 2 aromatic carbocycles. The third kappa shape index (κ3) is 3.25. The fraction of sp³-hybridized carbons (Fsp3) is 0.0714. The number of hydrogen-bond acceptors (Lipinski definition) is 3. The molecule has 0 bridgehead atoms. The average Bonchev–Trinajstić information content (AvgIpc) is 2.46. The van der Waals surface area contributed by atoms with Crippen LogP contribution in [0.5, 0.6) is 0 Å². The van der Waals surface area contributed by atoms with Crippen molar-refractivity contribution in [2.75, 3.05) is 11.4 Å². The highest BCUT2D eigenvalue weighted by atomic mass is 79.9. The van der Waals surface area contributed by atoms with Gasteiger partial charge >= 0.3 is 5.97 Å². The molecule has 0 radical (unpaired) electrons. The molecule has 1 N–H and O–H groups in total. The van der Waals surface area contributed by atoms with E-state index < -0.39 is 16.0 Å². The maximum Gasteiger partial charge on any atom is 0.335 e. The van der Waals surface area contributed by atoms with Crippen LogP contribution in [0.2, 0.25) is 0 Å². The number of carboxylic acid groups (broad SMARTS) is 1. The highest BCUT2D eigenvalue weighted by Gasteiger charge is 2.21. The van der Waals surface area contributed by atoms with Crippen molar-refractivity contribution < 1.29 is 18.3 Å². The average molecular weight is 370 g/mol. The summed E-state index contributed by atoms with van der Waals surface area (Å²) >= 11 is 3.24. The van der Waals surface area contributed by atoms with E-state index in [1.54, 1.807) is 12.1 Å². The van der Waals surface area contributed by atoms with Gasteiger partial charge in [-0.3, -0.25) is 4.31 Å². The number of carboxylic acids is 1. The third-order valence-corrected chi connectivity index (χ3v) is 5.21. The molecule has 0 aromatic heterocycles. The predicted molar refractivity (Wildman–Crippen MR) is 83.1 cm³/mol. The molecule has 0 unspecified atom stereocenters. The summed E-state index contributed by atoms with van der Waals surface area (Å²) in [7, 11) is -2.27. The Morgan fingerprint density at radius 2 is 1.76 bits per heavy atom. The summed E-state index contributed by atoms with van der Waals surface area (Å²) in [6, 6.07) is 12.0. The van der Waals surface area contributed by atoms with Crippen LogP contribution >= 0.6 is 15.9 Å². The molecule has 2 aromatic rings. The molecule has 0 amide bonds. The molecular weight excluding hydrogens is 358 g/mol. The summed E-state index contributed by atoms with van der Waals surface area (Å²) in [5.41, 5.74) is 0.493. The van der Waals surface area contributed by atoms with Gasteiger partial charge in [0, 0.05) is 11.5 Å². The fourth-order valence-corrected chi connectivity index (χ4v) is 3.53. The molecule has 7 heteroatoms. The van der Waals surface area contributed by atoms with Crippen LogP contribution in [0.25, 0.3) is 0 Å². The van der Waals surface area contributed by atoms with Crippen molar-refractivity contribution >= 4 is 37.6 Å². The lowest BCUT2D eigenvalue weighted by Crippen LogP contribution is -2.26. The van der Waals surface area contributed by atoms with Gasteiger partial charge in [-0.2, -0.15) is 0 Å². The molecule has 5 nitrogen and oxygen atoms in total. The number of sulfonamides is 1. The fourth-order valence-electron chi connectivity index (χ4n) is 1.74. The van der Waals surface area contributed by atoms with E-state index in [2.05, 4.69) is 15.9 Å². The number of nitrogens with zero attached hydrogens (tertiary/aromatic N) is 1. The Labute approximate surface area is 131 Å². The standard InChI is InChI=1S/C14H12BrNO4S/c1-16(12-7-5-10(6-8-12)14(17)18)21(19,20)13-4-2-3-11(15)9-13/h2-9H,1H3,(H,17,18). The van der Waals surface area contributed by atoms with Gasteiger partial charge in [0.15, 0.2) is 0 Å². The summed E-state index contributed by atoms with van der Waals surface area (Å²) in [6.07, 6.45) is 0. The van der Waals surface area contributed by atoms with Crippen molar-refractivity contribution in [3.8, 4) is 0 Å². The van der Waals surface area contributed by atoms with E-state index in [0.29, 0.717) is 10.2 Å². The molecule has 21 heavy (non-hydrogen) atoms. The second-order valence-electron chi connectivity index (χ2n) is 4.28. The molecule has 110 valence electrons. The van der Waals surface area contributed by atoms with Gasteiger partial charge in [-0.25, -0.2) is 13.2 Å². The first kappa shape index (κ1) is 15.5. The van der Waals surface area contributed by atoms with Crippen LogP contribution in [0, 0.1) is 0 Å². The zero-order valence-corrected chi connectivity index (χ0v) is 13.4. The van der Waals surface area contributed by atoms with Crippen molar-refractivity contribution in [2.45, 2.75) is 4.90 Å². The molecular formula is C14H12BrNO4S. The number of aromatic carboxylic acids is 1. The Hall–Kier alpha value is -1.86. The van der Waals surface area contributed by atoms with Gasteiger partial charge in [0.1, 0.15) is 0 Å². The van der Waals surface area contributed by atoms with Gasteiger partial charge < -0.3 is 5.11 Å². The molecule has 0 saturated heterocycles. The SMILES string of the molecule is CN(c1ccc(C(=O)O)cc1)S(=O)(=O)c1cccc(Br)c1. The van der Waals surface area contributed by atoms with E-state index >= 15 is 0 Å². The molecule has 0 aliphatic carbocycles. The second-order valence-corrected chi connectivity index (χ2v) is 7.17. The molecule has 2 rings (SSSR count). The van der Waals surface area contributed by atoms with Crippen molar-refractivity contribution in [1.29, 1.82) is 0 Å². The number of anilines is 1. The van der Waals surface area contributed by atoms with E-state index in [1.807, 2.05) is 0 Å². The van der Waals surface area contributed by atoms with E-state index in [-0.39, 0.29) is 10.5 Å². The Morgan fingerprint density at radius 3 is 2.29 bits per heavy atom. The topological polar surface area (TPSA) is 74.7 Å². The van der Waals surface area contributed by atoms with Crippen molar-refractivity contribution in [2.24, 2.45) is 0 Å². The molecule has 0 heterocycles. The zero-order chi connectivity index (χ0) is 15.6. The van der Waals surface area contributed by atoms with Crippen molar-refractivity contribution in [3.63, 3.8) is 0 Å². The zero-order valence-electron chi connectivity index (χ0n) is 11.0. The number of carbonyl (C=O) groups is 1. The Kier molecular flexibility index (Phi) is 4.34. The van der Waals surface area contributed by atoms with Crippen LogP contribution in [0.4, 0.5) is 5.69 Å². The Bertz CT molecular complexity index is 772. The van der Waals surface area contributed by atoms with Crippen LogP contribution in [0.3, 0.4) is 0 Å². The molecule has 0 spiro atoms. The van der Waals surface area contributed by atoms with Crippen LogP contribution in [0.1, 0.15) is 10.4 Å². The van der Waals surface area contributed by atoms with Gasteiger partial charge in [-0.1, -0.05) is 22.0 Å². The summed E-state index contributed by atoms with van der Waals surface area (Å²) in [5.74, 6) is -1.06. The second kappa shape index (κ2) is 5.87. The lowest BCUT2D eigenvalue weighted by molar-refractivity contribution is 0.0697. The van der Waals surface area contributed by atoms with Gasteiger partial charge in [-0.05, 0) is 42.5 Å². The quantitative estimate of drug-likeness (QED) is 0.898. The first-order valence-electron chi connectivity index (χ1n) is 5.90. The largest absolute Gasteiger partial charge is 0.478 e. The molecule has 0 fully saturated rings. The minimum absolute atomic E-state index is 0.104. The van der Waals surface area contributed by atoms with Gasteiger partial charge in [-0.15, -0.1) is 0 Å². The normalized spacial score (nSPS) is 11.1. The number of hydrogen-bond donors (Lipinski definition) is 1. The number of benzene rings is 2. The van der Waals surface area contributed by atoms with Gasteiger partial charge in [0.2, 0.25) is 0 Å². The molecule has 0 aliphatic rings. The number of rotatable bonds is 4. The van der Waals surface area contributed by atoms with Crippen LogP contribution in [-0.2, 0) is 10.0 Å². The maximum atomic E-state index is 12.5. The smallest absolute Gasteiger partial charge is 0.335 e. The first-order chi connectivity index (χ1) is 9.82. The molecule has 0 aliphatic heterocycles. The monoisotopic (exact) mass is 369 g/mol. The van der Waals surface area contributed by atoms with E-state index in [4.69, 9.17) is 5.11 Å². The van der Waals surface area contributed by atoms with Gasteiger partial charge in [0.05, 0.1) is 16.1 Å².